The van der Waals surface area contributed by atoms with E-state index in [1.165, 1.54) is 6.08 Å². The van der Waals surface area contributed by atoms with Gasteiger partial charge in [-0.2, -0.15) is 5.10 Å². The summed E-state index contributed by atoms with van der Waals surface area (Å²) in [7, 11) is 1.75. The highest BCUT2D eigenvalue weighted by Crippen LogP contribution is 2.44. The van der Waals surface area contributed by atoms with Crippen LogP contribution in [0.5, 0.6) is 0 Å². The third kappa shape index (κ3) is 3.16. The highest BCUT2D eigenvalue weighted by atomic mass is 35.5. The molecule has 104 valence electrons. The van der Waals surface area contributed by atoms with Crippen molar-refractivity contribution in [3.05, 3.63) is 22.5 Å². The molecule has 6 heteroatoms. The van der Waals surface area contributed by atoms with Crippen LogP contribution in [0, 0.1) is 12.3 Å². The van der Waals surface area contributed by atoms with Crippen molar-refractivity contribution in [2.24, 2.45) is 12.5 Å². The van der Waals surface area contributed by atoms with Gasteiger partial charge in [-0.25, -0.2) is 0 Å². The number of aliphatic hydroxyl groups excluding tert-OH is 1. The number of rotatable bonds is 5. The predicted octanol–water partition coefficient (Wildman–Crippen LogP) is 1.28. The molecule has 0 aromatic carbocycles. The van der Waals surface area contributed by atoms with Crippen LogP contribution < -0.4 is 5.32 Å². The van der Waals surface area contributed by atoms with Gasteiger partial charge in [-0.3, -0.25) is 9.48 Å². The lowest BCUT2D eigenvalue weighted by molar-refractivity contribution is -0.116. The summed E-state index contributed by atoms with van der Waals surface area (Å²) in [5.74, 6) is -0.181. The summed E-state index contributed by atoms with van der Waals surface area (Å²) in [4.78, 5) is 11.7. The van der Waals surface area contributed by atoms with Crippen LogP contribution in [-0.2, 0) is 11.8 Å². The Kier molecular flexibility index (Phi) is 3.96. The number of carbonyl (C=O) groups excluding carboxylic acids is 1. The van der Waals surface area contributed by atoms with Crippen molar-refractivity contribution in [3.63, 3.8) is 0 Å². The van der Waals surface area contributed by atoms with Gasteiger partial charge in [-0.15, -0.1) is 0 Å². The quantitative estimate of drug-likeness (QED) is 0.800. The molecule has 1 amide bonds. The summed E-state index contributed by atoms with van der Waals surface area (Å²) in [5.41, 5.74) is 1.46. The molecule has 0 saturated heterocycles. The number of nitrogens with zero attached hydrogens (tertiary/aromatic N) is 2. The number of nitrogens with one attached hydrogen (secondary N) is 1. The number of aromatic nitrogens is 2. The van der Waals surface area contributed by atoms with Gasteiger partial charge in [-0.1, -0.05) is 11.6 Å². The fourth-order valence-corrected chi connectivity index (χ4v) is 2.13. The summed E-state index contributed by atoms with van der Waals surface area (Å²) < 4.78 is 1.57. The summed E-state index contributed by atoms with van der Waals surface area (Å²) in [6, 6.07) is 0. The van der Waals surface area contributed by atoms with Crippen molar-refractivity contribution in [2.75, 3.05) is 13.2 Å². The Morgan fingerprint density at radius 1 is 1.63 bits per heavy atom. The molecule has 0 aliphatic heterocycles. The number of carbonyl (C=O) groups is 1. The van der Waals surface area contributed by atoms with Crippen LogP contribution in [0.1, 0.15) is 24.1 Å². The molecule has 1 aromatic rings. The Balaban J connectivity index is 1.93. The maximum Gasteiger partial charge on any atom is 0.244 e. The largest absolute Gasteiger partial charge is 0.396 e. The second-order valence-electron chi connectivity index (χ2n) is 5.12. The van der Waals surface area contributed by atoms with Crippen LogP contribution in [0.25, 0.3) is 6.08 Å². The Labute approximate surface area is 117 Å². The van der Waals surface area contributed by atoms with Gasteiger partial charge in [0.2, 0.25) is 5.91 Å². The topological polar surface area (TPSA) is 67.2 Å². The second kappa shape index (κ2) is 5.35. The highest BCUT2D eigenvalue weighted by Gasteiger charge is 2.41. The normalized spacial score (nSPS) is 16.8. The lowest BCUT2D eigenvalue weighted by atomic mass is 10.1. The maximum absolute atomic E-state index is 11.7. The van der Waals surface area contributed by atoms with Crippen molar-refractivity contribution in [2.45, 2.75) is 19.8 Å². The Morgan fingerprint density at radius 2 is 2.32 bits per heavy atom. The molecule has 0 unspecified atom stereocenters. The first kappa shape index (κ1) is 14.1. The summed E-state index contributed by atoms with van der Waals surface area (Å²) in [5, 5.41) is 16.6. The first-order valence-corrected chi connectivity index (χ1v) is 6.61. The van der Waals surface area contributed by atoms with Crippen molar-refractivity contribution >= 4 is 23.6 Å². The molecule has 2 N–H and O–H groups in total. The van der Waals surface area contributed by atoms with E-state index in [1.54, 1.807) is 17.8 Å². The van der Waals surface area contributed by atoms with Crippen molar-refractivity contribution in [1.29, 1.82) is 0 Å². The van der Waals surface area contributed by atoms with Gasteiger partial charge < -0.3 is 10.4 Å². The van der Waals surface area contributed by atoms with Gasteiger partial charge in [0.15, 0.2) is 0 Å². The molecule has 1 saturated carbocycles. The van der Waals surface area contributed by atoms with Crippen LogP contribution in [0.15, 0.2) is 6.08 Å². The Bertz CT molecular complexity index is 518. The summed E-state index contributed by atoms with van der Waals surface area (Å²) in [6.07, 6.45) is 5.06. The van der Waals surface area contributed by atoms with Crippen LogP contribution >= 0.6 is 11.6 Å². The minimum Gasteiger partial charge on any atom is -0.396 e. The standard InChI is InChI=1S/C13H18ClN3O2/c1-9-10(12(14)17(2)16-9)3-4-11(19)15-7-13(8-18)5-6-13/h3-4,18H,5-8H2,1-2H3,(H,15,19)/b4-3+. The number of hydrogen-bond acceptors (Lipinski definition) is 3. The van der Waals surface area contributed by atoms with Crippen molar-refractivity contribution in [1.82, 2.24) is 15.1 Å². The molecule has 0 atom stereocenters. The monoisotopic (exact) mass is 283 g/mol. The van der Waals surface area contributed by atoms with Gasteiger partial charge in [0.05, 0.1) is 12.3 Å². The molecule has 0 radical (unpaired) electrons. The van der Waals surface area contributed by atoms with Crippen LogP contribution in [0.4, 0.5) is 0 Å². The average Bonchev–Trinajstić information content (AvgIpc) is 3.12. The van der Waals surface area contributed by atoms with Gasteiger partial charge in [0.1, 0.15) is 5.15 Å². The summed E-state index contributed by atoms with van der Waals surface area (Å²) in [6.45, 7) is 2.49. The van der Waals surface area contributed by atoms with E-state index in [2.05, 4.69) is 10.4 Å². The molecule has 1 aliphatic rings. The minimum absolute atomic E-state index is 0.0780. The Morgan fingerprint density at radius 3 is 2.79 bits per heavy atom. The molecule has 1 heterocycles. The van der Waals surface area contributed by atoms with E-state index in [9.17, 15) is 4.79 Å². The zero-order chi connectivity index (χ0) is 14.0. The van der Waals surface area contributed by atoms with Crippen molar-refractivity contribution < 1.29 is 9.90 Å². The minimum atomic E-state index is -0.181. The number of aliphatic hydroxyl groups is 1. The molecule has 5 nitrogen and oxygen atoms in total. The number of amides is 1. The van der Waals surface area contributed by atoms with Gasteiger partial charge in [0.25, 0.3) is 0 Å². The van der Waals surface area contributed by atoms with Crippen LogP contribution in [0.2, 0.25) is 5.15 Å². The third-order valence-corrected chi connectivity index (χ3v) is 3.98. The van der Waals surface area contributed by atoms with E-state index >= 15 is 0 Å². The first-order valence-electron chi connectivity index (χ1n) is 6.23. The SMILES string of the molecule is Cc1nn(C)c(Cl)c1/C=C/C(=O)NCC1(CO)CC1. The molecular weight excluding hydrogens is 266 g/mol. The molecule has 0 spiro atoms. The van der Waals surface area contributed by atoms with E-state index in [0.717, 1.165) is 24.1 Å². The fourth-order valence-electron chi connectivity index (χ4n) is 1.90. The van der Waals surface area contributed by atoms with E-state index in [-0.39, 0.29) is 17.9 Å². The molecule has 1 fully saturated rings. The zero-order valence-electron chi connectivity index (χ0n) is 11.1. The lowest BCUT2D eigenvalue weighted by Crippen LogP contribution is -2.30. The lowest BCUT2D eigenvalue weighted by Gasteiger charge is -2.10. The molecule has 2 rings (SSSR count). The zero-order valence-corrected chi connectivity index (χ0v) is 11.9. The van der Waals surface area contributed by atoms with E-state index in [4.69, 9.17) is 16.7 Å². The number of halogens is 1. The first-order chi connectivity index (χ1) is 8.97. The number of hydrogen-bond donors (Lipinski definition) is 2. The van der Waals surface area contributed by atoms with Crippen molar-refractivity contribution in [3.8, 4) is 0 Å². The van der Waals surface area contributed by atoms with E-state index in [1.807, 2.05) is 6.92 Å². The van der Waals surface area contributed by atoms with Gasteiger partial charge in [-0.05, 0) is 25.8 Å². The second-order valence-corrected chi connectivity index (χ2v) is 5.48. The fraction of sp³-hybridized carbons (Fsp3) is 0.538. The predicted molar refractivity (Wildman–Crippen MR) is 73.8 cm³/mol. The molecule has 1 aliphatic carbocycles. The van der Waals surface area contributed by atoms with Gasteiger partial charge >= 0.3 is 0 Å². The smallest absolute Gasteiger partial charge is 0.244 e. The highest BCUT2D eigenvalue weighted by molar-refractivity contribution is 6.31. The molecule has 1 aromatic heterocycles. The maximum atomic E-state index is 11.7. The van der Waals surface area contributed by atoms with E-state index in [0.29, 0.717) is 11.7 Å². The third-order valence-electron chi connectivity index (χ3n) is 3.53. The van der Waals surface area contributed by atoms with E-state index < -0.39 is 0 Å². The van der Waals surface area contributed by atoms with Gasteiger partial charge in [0, 0.05) is 30.6 Å². The van der Waals surface area contributed by atoms with Crippen LogP contribution in [0.3, 0.4) is 0 Å². The number of aryl methyl sites for hydroxylation is 2. The molecular formula is C13H18ClN3O2. The molecule has 0 bridgehead atoms. The summed E-state index contributed by atoms with van der Waals surface area (Å²) >= 11 is 6.06. The molecule has 19 heavy (non-hydrogen) atoms. The van der Waals surface area contributed by atoms with Crippen LogP contribution in [-0.4, -0.2) is 33.9 Å². The Hall–Kier alpha value is -1.33. The average molecular weight is 284 g/mol.